The van der Waals surface area contributed by atoms with E-state index in [1.165, 1.54) is 0 Å². The Labute approximate surface area is 139 Å². The minimum atomic E-state index is -0.654. The summed E-state index contributed by atoms with van der Waals surface area (Å²) in [4.78, 5) is 16.4. The number of aryl methyl sites for hydroxylation is 1. The fraction of sp³-hybridized carbons (Fsp3) is 0.611. The summed E-state index contributed by atoms with van der Waals surface area (Å²) in [5.74, 6) is 0. The van der Waals surface area contributed by atoms with Crippen molar-refractivity contribution in [2.45, 2.75) is 38.8 Å². The summed E-state index contributed by atoms with van der Waals surface area (Å²) in [5.41, 5.74) is 2.01. The molecule has 0 bridgehead atoms. The van der Waals surface area contributed by atoms with Gasteiger partial charge in [-0.15, -0.1) is 0 Å². The third-order valence-corrected chi connectivity index (χ3v) is 4.57. The van der Waals surface area contributed by atoms with Gasteiger partial charge in [0.1, 0.15) is 0 Å². The fourth-order valence-corrected chi connectivity index (χ4v) is 2.88. The highest BCUT2D eigenvalue weighted by Crippen LogP contribution is 2.16. The number of piperidine rings is 1. The molecule has 0 radical (unpaired) electrons. The summed E-state index contributed by atoms with van der Waals surface area (Å²) in [6.07, 6.45) is 1.32. The number of likely N-dealkylation sites (N-methyl/N-ethyl adjacent to an activating group) is 1. The van der Waals surface area contributed by atoms with Gasteiger partial charge in [0.2, 0.25) is 0 Å². The van der Waals surface area contributed by atoms with Crippen LogP contribution in [0, 0.1) is 6.92 Å². The van der Waals surface area contributed by atoms with Gasteiger partial charge in [-0.1, -0.05) is 29.8 Å². The zero-order valence-electron chi connectivity index (χ0n) is 14.5. The number of nitrogens with zero attached hydrogens (tertiary/aromatic N) is 2. The highest BCUT2D eigenvalue weighted by atomic mass is 16.3. The van der Waals surface area contributed by atoms with E-state index in [0.717, 1.165) is 37.1 Å². The molecule has 2 rings (SSSR count). The Morgan fingerprint density at radius 2 is 1.96 bits per heavy atom. The molecule has 1 atom stereocenters. The van der Waals surface area contributed by atoms with Gasteiger partial charge in [-0.2, -0.15) is 0 Å². The third kappa shape index (κ3) is 5.22. The molecule has 0 saturated carbocycles. The highest BCUT2D eigenvalue weighted by Gasteiger charge is 2.22. The number of aliphatic hydroxyl groups is 1. The first-order valence-electron chi connectivity index (χ1n) is 8.48. The van der Waals surface area contributed by atoms with E-state index in [4.69, 9.17) is 0 Å². The maximum absolute atomic E-state index is 12.4. The first kappa shape index (κ1) is 17.8. The molecule has 0 aromatic heterocycles. The van der Waals surface area contributed by atoms with Crippen LogP contribution in [-0.4, -0.2) is 60.2 Å². The standard InChI is InChI=1S/C18H29N3O2/c1-4-21(13-17(22)15-7-5-14(2)6-8-15)18(23)19-16-9-11-20(3)12-10-16/h5-8,16-17,22H,4,9-13H2,1-3H3,(H,19,23). The monoisotopic (exact) mass is 319 g/mol. The largest absolute Gasteiger partial charge is 0.387 e. The average molecular weight is 319 g/mol. The van der Waals surface area contributed by atoms with Gasteiger partial charge in [0.05, 0.1) is 12.6 Å². The highest BCUT2D eigenvalue weighted by molar-refractivity contribution is 5.74. The van der Waals surface area contributed by atoms with Crippen LogP contribution in [-0.2, 0) is 0 Å². The van der Waals surface area contributed by atoms with Crippen LogP contribution in [0.1, 0.15) is 37.0 Å². The number of aliphatic hydroxyl groups excluding tert-OH is 1. The summed E-state index contributed by atoms with van der Waals surface area (Å²) in [6.45, 7) is 6.89. The average Bonchev–Trinajstić information content (AvgIpc) is 2.55. The number of amides is 2. The number of urea groups is 1. The van der Waals surface area contributed by atoms with Gasteiger partial charge in [0, 0.05) is 12.6 Å². The van der Waals surface area contributed by atoms with Gasteiger partial charge in [-0.3, -0.25) is 0 Å². The van der Waals surface area contributed by atoms with Crippen molar-refractivity contribution in [1.29, 1.82) is 0 Å². The molecule has 1 aliphatic rings. The summed E-state index contributed by atoms with van der Waals surface area (Å²) in [7, 11) is 2.11. The van der Waals surface area contributed by atoms with Gasteiger partial charge < -0.3 is 20.2 Å². The third-order valence-electron chi connectivity index (χ3n) is 4.57. The number of carbonyl (C=O) groups is 1. The lowest BCUT2D eigenvalue weighted by Gasteiger charge is -2.32. The lowest BCUT2D eigenvalue weighted by Crippen LogP contribution is -2.49. The van der Waals surface area contributed by atoms with E-state index in [1.54, 1.807) is 4.90 Å². The Bertz CT molecular complexity index is 495. The molecule has 1 aliphatic heterocycles. The van der Waals surface area contributed by atoms with Crippen LogP contribution < -0.4 is 5.32 Å². The van der Waals surface area contributed by atoms with Gasteiger partial charge in [-0.25, -0.2) is 4.79 Å². The van der Waals surface area contributed by atoms with Crippen LogP contribution in [0.3, 0.4) is 0 Å². The maximum atomic E-state index is 12.4. The number of carbonyl (C=O) groups excluding carboxylic acids is 1. The predicted molar refractivity (Wildman–Crippen MR) is 92.4 cm³/mol. The number of nitrogens with one attached hydrogen (secondary N) is 1. The van der Waals surface area contributed by atoms with Crippen LogP contribution in [0.25, 0.3) is 0 Å². The van der Waals surface area contributed by atoms with Crippen molar-refractivity contribution < 1.29 is 9.90 Å². The Hall–Kier alpha value is -1.59. The first-order valence-corrected chi connectivity index (χ1v) is 8.48. The van der Waals surface area contributed by atoms with Crippen LogP contribution in [0.4, 0.5) is 4.79 Å². The maximum Gasteiger partial charge on any atom is 0.317 e. The van der Waals surface area contributed by atoms with Gasteiger partial charge in [0.15, 0.2) is 0 Å². The quantitative estimate of drug-likeness (QED) is 0.874. The van der Waals surface area contributed by atoms with E-state index in [-0.39, 0.29) is 12.1 Å². The Morgan fingerprint density at radius 1 is 1.35 bits per heavy atom. The molecule has 23 heavy (non-hydrogen) atoms. The molecule has 5 nitrogen and oxygen atoms in total. The predicted octanol–water partition coefficient (Wildman–Crippen LogP) is 2.15. The van der Waals surface area contributed by atoms with Crippen molar-refractivity contribution in [3.05, 3.63) is 35.4 Å². The van der Waals surface area contributed by atoms with Crippen LogP contribution in [0.2, 0.25) is 0 Å². The lowest BCUT2D eigenvalue weighted by molar-refractivity contribution is 0.120. The summed E-state index contributed by atoms with van der Waals surface area (Å²) < 4.78 is 0. The van der Waals surface area contributed by atoms with Gasteiger partial charge in [-0.05, 0) is 52.4 Å². The topological polar surface area (TPSA) is 55.8 Å². The van der Waals surface area contributed by atoms with Gasteiger partial charge in [0.25, 0.3) is 0 Å². The van der Waals surface area contributed by atoms with E-state index >= 15 is 0 Å². The van der Waals surface area contributed by atoms with Crippen molar-refractivity contribution in [2.75, 3.05) is 33.2 Å². The summed E-state index contributed by atoms with van der Waals surface area (Å²) >= 11 is 0. The second-order valence-electron chi connectivity index (χ2n) is 6.49. The molecule has 5 heteroatoms. The second kappa shape index (κ2) is 8.31. The van der Waals surface area contributed by atoms with E-state index in [0.29, 0.717) is 13.1 Å². The molecular formula is C18H29N3O2. The molecule has 1 aromatic rings. The smallest absolute Gasteiger partial charge is 0.317 e. The van der Waals surface area contributed by atoms with Crippen molar-refractivity contribution >= 4 is 6.03 Å². The zero-order valence-corrected chi connectivity index (χ0v) is 14.5. The molecule has 2 amide bonds. The Kier molecular flexibility index (Phi) is 6.42. The lowest BCUT2D eigenvalue weighted by atomic mass is 10.1. The molecule has 0 spiro atoms. The van der Waals surface area contributed by atoms with Gasteiger partial charge >= 0.3 is 6.03 Å². The van der Waals surface area contributed by atoms with E-state index < -0.39 is 6.10 Å². The van der Waals surface area contributed by atoms with Crippen molar-refractivity contribution in [3.63, 3.8) is 0 Å². The Morgan fingerprint density at radius 3 is 2.52 bits per heavy atom. The Balaban J connectivity index is 1.88. The normalized spacial score (nSPS) is 17.7. The number of rotatable bonds is 5. The van der Waals surface area contributed by atoms with Crippen molar-refractivity contribution in [3.8, 4) is 0 Å². The minimum Gasteiger partial charge on any atom is -0.387 e. The van der Waals surface area contributed by atoms with E-state index in [2.05, 4.69) is 17.3 Å². The molecule has 2 N–H and O–H groups in total. The molecular weight excluding hydrogens is 290 g/mol. The number of likely N-dealkylation sites (tertiary alicyclic amines) is 1. The van der Waals surface area contributed by atoms with E-state index in [1.807, 2.05) is 38.1 Å². The number of benzene rings is 1. The SMILES string of the molecule is CCN(CC(O)c1ccc(C)cc1)C(=O)NC1CCN(C)CC1. The molecule has 1 fully saturated rings. The molecule has 0 aliphatic carbocycles. The summed E-state index contributed by atoms with van der Waals surface area (Å²) in [5, 5.41) is 13.5. The number of hydrogen-bond acceptors (Lipinski definition) is 3. The second-order valence-corrected chi connectivity index (χ2v) is 6.49. The molecule has 1 unspecified atom stereocenters. The van der Waals surface area contributed by atoms with Crippen LogP contribution >= 0.6 is 0 Å². The van der Waals surface area contributed by atoms with Crippen molar-refractivity contribution in [2.24, 2.45) is 0 Å². The molecule has 128 valence electrons. The molecule has 1 saturated heterocycles. The van der Waals surface area contributed by atoms with E-state index in [9.17, 15) is 9.90 Å². The van der Waals surface area contributed by atoms with Crippen LogP contribution in [0.15, 0.2) is 24.3 Å². The van der Waals surface area contributed by atoms with Crippen molar-refractivity contribution in [1.82, 2.24) is 15.1 Å². The number of hydrogen-bond donors (Lipinski definition) is 2. The minimum absolute atomic E-state index is 0.0757. The zero-order chi connectivity index (χ0) is 16.8. The first-order chi connectivity index (χ1) is 11.0. The van der Waals surface area contributed by atoms with Crippen LogP contribution in [0.5, 0.6) is 0 Å². The fourth-order valence-electron chi connectivity index (χ4n) is 2.88. The molecule has 1 heterocycles. The summed E-state index contributed by atoms with van der Waals surface area (Å²) in [6, 6.07) is 7.96. The molecule has 1 aromatic carbocycles.